The van der Waals surface area contributed by atoms with Crippen LogP contribution in [0.3, 0.4) is 0 Å². The Morgan fingerprint density at radius 3 is 2.60 bits per heavy atom. The lowest BCUT2D eigenvalue weighted by Gasteiger charge is -2.35. The summed E-state index contributed by atoms with van der Waals surface area (Å²) in [7, 11) is 3.17. The summed E-state index contributed by atoms with van der Waals surface area (Å²) in [5, 5.41) is 10.3. The first-order chi connectivity index (χ1) is 14.4. The number of fused-ring (bicyclic) bond motifs is 1. The van der Waals surface area contributed by atoms with E-state index in [1.54, 1.807) is 12.3 Å². The van der Waals surface area contributed by atoms with Gasteiger partial charge in [0.05, 0.1) is 25.1 Å². The molecule has 11 nitrogen and oxygen atoms in total. The van der Waals surface area contributed by atoms with E-state index in [1.165, 1.54) is 4.90 Å². The SMILES string of the molecule is COC(=O)c1nc2c(N3CCCOC3=O)cc(N3CCN(C)CC3)cn2c(=O)c1O. The summed E-state index contributed by atoms with van der Waals surface area (Å²) in [5.74, 6) is -1.75. The second-order valence-electron chi connectivity index (χ2n) is 7.29. The Bertz CT molecular complexity index is 1060. The largest absolute Gasteiger partial charge is 0.501 e. The molecular weight excluding hydrogens is 394 g/mol. The lowest BCUT2D eigenvalue weighted by molar-refractivity contribution is 0.0590. The third-order valence-corrected chi connectivity index (χ3v) is 5.38. The van der Waals surface area contributed by atoms with Crippen molar-refractivity contribution in [1.29, 1.82) is 0 Å². The Morgan fingerprint density at radius 2 is 1.93 bits per heavy atom. The Kier molecular flexibility index (Phi) is 5.20. The zero-order valence-electron chi connectivity index (χ0n) is 16.8. The number of ether oxygens (including phenoxy) is 2. The molecule has 0 aromatic carbocycles. The van der Waals surface area contributed by atoms with Crippen LogP contribution in [0.5, 0.6) is 5.75 Å². The zero-order valence-corrected chi connectivity index (χ0v) is 16.8. The molecule has 1 N–H and O–H groups in total. The molecule has 0 radical (unpaired) electrons. The summed E-state index contributed by atoms with van der Waals surface area (Å²) >= 11 is 0. The summed E-state index contributed by atoms with van der Waals surface area (Å²) in [6, 6.07) is 1.76. The van der Waals surface area contributed by atoms with E-state index in [0.717, 1.165) is 37.7 Å². The van der Waals surface area contributed by atoms with Crippen LogP contribution in [-0.2, 0) is 9.47 Å². The molecule has 0 bridgehead atoms. The Labute approximate surface area is 172 Å². The molecule has 2 aromatic heterocycles. The van der Waals surface area contributed by atoms with Crippen molar-refractivity contribution in [3.8, 4) is 5.75 Å². The molecule has 0 unspecified atom stereocenters. The van der Waals surface area contributed by atoms with Crippen molar-refractivity contribution in [2.45, 2.75) is 6.42 Å². The molecule has 11 heteroatoms. The van der Waals surface area contributed by atoms with Crippen LogP contribution in [0.2, 0.25) is 0 Å². The van der Waals surface area contributed by atoms with Gasteiger partial charge >= 0.3 is 17.6 Å². The monoisotopic (exact) mass is 417 g/mol. The van der Waals surface area contributed by atoms with Crippen molar-refractivity contribution < 1.29 is 24.2 Å². The molecule has 4 rings (SSSR count). The number of pyridine rings is 1. The standard InChI is InChI=1S/C19H23N5O6/c1-21-5-7-22(8-6-21)12-10-13(23-4-3-9-30-19(23)28)16-20-14(18(27)29-2)15(25)17(26)24(16)11-12/h10-11,25H,3-9H2,1-2H3. The first kappa shape index (κ1) is 20.0. The highest BCUT2D eigenvalue weighted by Gasteiger charge is 2.28. The number of aromatic nitrogens is 2. The molecule has 4 heterocycles. The smallest absolute Gasteiger partial charge is 0.414 e. The number of piperazine rings is 1. The molecule has 0 saturated carbocycles. The highest BCUT2D eigenvalue weighted by molar-refractivity contribution is 5.95. The van der Waals surface area contributed by atoms with Gasteiger partial charge in [0, 0.05) is 38.9 Å². The summed E-state index contributed by atoms with van der Waals surface area (Å²) in [4.78, 5) is 47.2. The number of carbonyl (C=O) groups is 2. The number of cyclic esters (lactones) is 1. The molecule has 2 aliphatic heterocycles. The van der Waals surface area contributed by atoms with E-state index in [2.05, 4.69) is 19.5 Å². The van der Waals surface area contributed by atoms with Crippen molar-refractivity contribution in [1.82, 2.24) is 14.3 Å². The maximum Gasteiger partial charge on any atom is 0.414 e. The van der Waals surface area contributed by atoms with Gasteiger partial charge in [-0.25, -0.2) is 14.6 Å². The van der Waals surface area contributed by atoms with Crippen molar-refractivity contribution in [2.24, 2.45) is 0 Å². The summed E-state index contributed by atoms with van der Waals surface area (Å²) in [6.07, 6.45) is 1.62. The minimum Gasteiger partial charge on any atom is -0.501 e. The summed E-state index contributed by atoms with van der Waals surface area (Å²) in [5.41, 5.74) is -0.212. The second kappa shape index (κ2) is 7.82. The van der Waals surface area contributed by atoms with Crippen LogP contribution < -0.4 is 15.4 Å². The van der Waals surface area contributed by atoms with Crippen LogP contribution in [0, 0.1) is 0 Å². The summed E-state index contributed by atoms with van der Waals surface area (Å²) in [6.45, 7) is 3.86. The third kappa shape index (κ3) is 3.41. The first-order valence-corrected chi connectivity index (χ1v) is 9.66. The lowest BCUT2D eigenvalue weighted by atomic mass is 10.2. The highest BCUT2D eigenvalue weighted by Crippen LogP contribution is 2.30. The quantitative estimate of drug-likeness (QED) is 0.703. The maximum absolute atomic E-state index is 12.9. The van der Waals surface area contributed by atoms with Crippen LogP contribution in [0.15, 0.2) is 17.1 Å². The van der Waals surface area contributed by atoms with E-state index in [1.807, 2.05) is 7.05 Å². The Morgan fingerprint density at radius 1 is 1.20 bits per heavy atom. The highest BCUT2D eigenvalue weighted by atomic mass is 16.6. The van der Waals surface area contributed by atoms with Gasteiger partial charge < -0.3 is 24.4 Å². The van der Waals surface area contributed by atoms with Crippen LogP contribution >= 0.6 is 0 Å². The van der Waals surface area contributed by atoms with E-state index in [0.29, 0.717) is 30.9 Å². The van der Waals surface area contributed by atoms with Gasteiger partial charge in [-0.05, 0) is 19.5 Å². The third-order valence-electron chi connectivity index (χ3n) is 5.38. The van der Waals surface area contributed by atoms with Crippen molar-refractivity contribution >= 4 is 29.1 Å². The number of anilines is 2. The average Bonchev–Trinajstić information content (AvgIpc) is 2.76. The van der Waals surface area contributed by atoms with Gasteiger partial charge in [0.25, 0.3) is 0 Å². The molecule has 2 fully saturated rings. The number of aromatic hydroxyl groups is 1. The van der Waals surface area contributed by atoms with Gasteiger partial charge in [-0.3, -0.25) is 14.1 Å². The minimum absolute atomic E-state index is 0.0647. The lowest BCUT2D eigenvalue weighted by Crippen LogP contribution is -2.45. The van der Waals surface area contributed by atoms with Gasteiger partial charge in [0.2, 0.25) is 5.75 Å². The van der Waals surface area contributed by atoms with Gasteiger partial charge in [0.15, 0.2) is 11.3 Å². The van der Waals surface area contributed by atoms with E-state index in [-0.39, 0.29) is 5.65 Å². The van der Waals surface area contributed by atoms with E-state index in [4.69, 9.17) is 4.74 Å². The van der Waals surface area contributed by atoms with Gasteiger partial charge in [0.1, 0.15) is 0 Å². The van der Waals surface area contributed by atoms with E-state index in [9.17, 15) is 19.5 Å². The van der Waals surface area contributed by atoms with Crippen molar-refractivity contribution in [3.63, 3.8) is 0 Å². The van der Waals surface area contributed by atoms with Crippen molar-refractivity contribution in [2.75, 3.05) is 63.3 Å². The molecule has 2 aromatic rings. The van der Waals surface area contributed by atoms with E-state index >= 15 is 0 Å². The topological polar surface area (TPSA) is 117 Å². The number of hydrogen-bond donors (Lipinski definition) is 1. The fourth-order valence-electron chi connectivity index (χ4n) is 3.64. The van der Waals surface area contributed by atoms with Crippen LogP contribution in [0.25, 0.3) is 5.65 Å². The minimum atomic E-state index is -0.942. The predicted molar refractivity (Wildman–Crippen MR) is 107 cm³/mol. The van der Waals surface area contributed by atoms with Crippen molar-refractivity contribution in [3.05, 3.63) is 28.3 Å². The maximum atomic E-state index is 12.9. The molecule has 0 atom stereocenters. The number of nitrogens with zero attached hydrogens (tertiary/aromatic N) is 5. The average molecular weight is 417 g/mol. The number of hydrogen-bond acceptors (Lipinski definition) is 9. The van der Waals surface area contributed by atoms with Gasteiger partial charge in [-0.1, -0.05) is 0 Å². The first-order valence-electron chi connectivity index (χ1n) is 9.66. The number of methoxy groups -OCH3 is 1. The number of likely N-dealkylation sites (N-methyl/N-ethyl adjacent to an activating group) is 1. The molecule has 30 heavy (non-hydrogen) atoms. The number of carbonyl (C=O) groups excluding carboxylic acids is 2. The fourth-order valence-corrected chi connectivity index (χ4v) is 3.64. The fraction of sp³-hybridized carbons (Fsp3) is 0.474. The van der Waals surface area contributed by atoms with Crippen LogP contribution in [0.1, 0.15) is 16.9 Å². The molecule has 0 aliphatic carbocycles. The molecule has 0 spiro atoms. The molecule has 2 saturated heterocycles. The van der Waals surface area contributed by atoms with E-state index < -0.39 is 29.1 Å². The molecule has 2 aliphatic rings. The normalized spacial score (nSPS) is 17.9. The number of rotatable bonds is 3. The predicted octanol–water partition coefficient (Wildman–Crippen LogP) is 0.285. The molecule has 160 valence electrons. The number of esters is 1. The zero-order chi connectivity index (χ0) is 21.4. The number of amides is 1. The Hall–Kier alpha value is -3.34. The second-order valence-corrected chi connectivity index (χ2v) is 7.29. The summed E-state index contributed by atoms with van der Waals surface area (Å²) < 4.78 is 10.9. The molecular formula is C19H23N5O6. The van der Waals surface area contributed by atoms with Crippen LogP contribution in [0.4, 0.5) is 16.2 Å². The van der Waals surface area contributed by atoms with Gasteiger partial charge in [-0.2, -0.15) is 0 Å². The Balaban J connectivity index is 1.94. The van der Waals surface area contributed by atoms with Crippen LogP contribution in [-0.4, -0.2) is 84.9 Å². The van der Waals surface area contributed by atoms with Gasteiger partial charge in [-0.15, -0.1) is 0 Å². The molecule has 1 amide bonds.